The molecule has 0 spiro atoms. The van der Waals surface area contributed by atoms with Crippen LogP contribution in [0.4, 0.5) is 0 Å². The zero-order valence-corrected chi connectivity index (χ0v) is 52.8. The fourth-order valence-corrected chi connectivity index (χ4v) is 9.06. The maximum Gasteiger partial charge on any atom is 0.306 e. The van der Waals surface area contributed by atoms with Crippen LogP contribution in [0.1, 0.15) is 303 Å². The smallest absolute Gasteiger partial charge is 0.306 e. The summed E-state index contributed by atoms with van der Waals surface area (Å²) in [4.78, 5) is 38.3. The number of unbranched alkanes of at least 4 members (excludes halogenated alkanes) is 27. The molecular weight excluding hydrogens is 997 g/mol. The fraction of sp³-hybridized carbons (Fsp3) is 0.667. The minimum absolute atomic E-state index is 0.0912. The standard InChI is InChI=1S/C75H124O6/c1-4-7-10-13-16-19-22-24-26-28-30-31-32-33-34-35-36-37-38-39-40-41-42-43-45-46-48-50-53-56-59-62-65-68-74(77)80-71-72(70-79-73(76)67-64-61-58-55-52-21-18-15-12-9-6-3)81-75(78)69-66-63-60-57-54-51-49-47-44-29-27-25-23-20-17-14-11-8-5-2/h7,10,15-16,18-19,24-27,30-31,33-34,36-37,39-40,42-43,46,48,72H,4-6,8-9,11-14,17,20-23,28-29,32,35,38,41,44-45,47,49-71H2,1-3H3/b10-7-,18-15-,19-16-,26-24-,27-25-,31-30-,34-33-,37-36-,40-39-,43-42-,48-46-. The first-order valence-electron chi connectivity index (χ1n) is 33.7. The van der Waals surface area contributed by atoms with Gasteiger partial charge in [-0.15, -0.1) is 0 Å². The SMILES string of the molecule is CC/C=C\C/C=C\C/C=C\C/C=C\C/C=C\C/C=C\C/C=C\C/C=C\C/C=C\CCCCCCCC(=O)OCC(COC(=O)CCCCCCC/C=C\CCCC)OC(=O)CCCCCCCCCCC/C=C\CCCCCCCC. The fourth-order valence-electron chi connectivity index (χ4n) is 9.06. The second kappa shape index (κ2) is 68.1. The summed E-state index contributed by atoms with van der Waals surface area (Å²) in [5.41, 5.74) is 0. The molecule has 0 aromatic heterocycles. The number of carbonyl (C=O) groups is 3. The second-order valence-corrected chi connectivity index (χ2v) is 22.0. The predicted molar refractivity (Wildman–Crippen MR) is 353 cm³/mol. The average molecular weight is 1120 g/mol. The topological polar surface area (TPSA) is 78.9 Å². The molecule has 0 aromatic rings. The minimum Gasteiger partial charge on any atom is -0.462 e. The van der Waals surface area contributed by atoms with Crippen LogP contribution >= 0.6 is 0 Å². The van der Waals surface area contributed by atoms with Gasteiger partial charge in [0.05, 0.1) is 0 Å². The molecule has 6 nitrogen and oxygen atoms in total. The Morgan fingerprint density at radius 2 is 0.494 bits per heavy atom. The van der Waals surface area contributed by atoms with Gasteiger partial charge in [0.15, 0.2) is 6.10 Å². The van der Waals surface area contributed by atoms with E-state index in [-0.39, 0.29) is 31.1 Å². The summed E-state index contributed by atoms with van der Waals surface area (Å²) in [6.45, 7) is 6.47. The number of hydrogen-bond acceptors (Lipinski definition) is 6. The highest BCUT2D eigenvalue weighted by molar-refractivity contribution is 5.71. The summed E-state index contributed by atoms with van der Waals surface area (Å²) < 4.78 is 16.9. The molecule has 460 valence electrons. The predicted octanol–water partition coefficient (Wildman–Crippen LogP) is 23.3. The van der Waals surface area contributed by atoms with Crippen molar-refractivity contribution in [2.24, 2.45) is 0 Å². The number of hydrogen-bond donors (Lipinski definition) is 0. The Bertz CT molecular complexity index is 1720. The molecule has 0 saturated carbocycles. The van der Waals surface area contributed by atoms with E-state index in [9.17, 15) is 14.4 Å². The molecule has 1 atom stereocenters. The highest BCUT2D eigenvalue weighted by Gasteiger charge is 2.19. The number of rotatable bonds is 60. The van der Waals surface area contributed by atoms with Crippen LogP contribution in [0.2, 0.25) is 0 Å². The van der Waals surface area contributed by atoms with E-state index in [0.29, 0.717) is 19.3 Å². The van der Waals surface area contributed by atoms with Crippen LogP contribution in [0, 0.1) is 0 Å². The van der Waals surface area contributed by atoms with E-state index in [1.165, 1.54) is 116 Å². The lowest BCUT2D eigenvalue weighted by molar-refractivity contribution is -0.167. The number of carbonyl (C=O) groups excluding carboxylic acids is 3. The van der Waals surface area contributed by atoms with Gasteiger partial charge < -0.3 is 14.2 Å². The van der Waals surface area contributed by atoms with Crippen molar-refractivity contribution in [1.82, 2.24) is 0 Å². The molecule has 81 heavy (non-hydrogen) atoms. The molecule has 6 heteroatoms. The average Bonchev–Trinajstić information content (AvgIpc) is 3.47. The molecule has 0 aliphatic carbocycles. The van der Waals surface area contributed by atoms with Gasteiger partial charge in [-0.3, -0.25) is 14.4 Å². The summed E-state index contributed by atoms with van der Waals surface area (Å²) in [5.74, 6) is -0.918. The van der Waals surface area contributed by atoms with Gasteiger partial charge in [0.25, 0.3) is 0 Å². The van der Waals surface area contributed by atoms with E-state index >= 15 is 0 Å². The number of esters is 3. The summed E-state index contributed by atoms with van der Waals surface area (Å²) in [6.07, 6.45) is 96.1. The first kappa shape index (κ1) is 76.5. The van der Waals surface area contributed by atoms with E-state index in [4.69, 9.17) is 14.2 Å². The Balaban J connectivity index is 4.30. The van der Waals surface area contributed by atoms with Gasteiger partial charge in [-0.25, -0.2) is 0 Å². The third-order valence-electron chi connectivity index (χ3n) is 14.1. The van der Waals surface area contributed by atoms with Crippen molar-refractivity contribution in [3.8, 4) is 0 Å². The van der Waals surface area contributed by atoms with E-state index in [1.807, 2.05) is 0 Å². The van der Waals surface area contributed by atoms with Crippen molar-refractivity contribution < 1.29 is 28.6 Å². The maximum absolute atomic E-state index is 12.9. The lowest BCUT2D eigenvalue weighted by Gasteiger charge is -2.18. The molecular formula is C75H124O6. The number of ether oxygens (including phenoxy) is 3. The second-order valence-electron chi connectivity index (χ2n) is 22.0. The van der Waals surface area contributed by atoms with Gasteiger partial charge in [-0.2, -0.15) is 0 Å². The van der Waals surface area contributed by atoms with E-state index < -0.39 is 6.10 Å². The molecule has 0 saturated heterocycles. The molecule has 0 fully saturated rings. The van der Waals surface area contributed by atoms with Crippen LogP contribution in [0.15, 0.2) is 134 Å². The lowest BCUT2D eigenvalue weighted by atomic mass is 10.1. The van der Waals surface area contributed by atoms with Crippen molar-refractivity contribution in [2.75, 3.05) is 13.2 Å². The Kier molecular flexibility index (Phi) is 64.3. The van der Waals surface area contributed by atoms with Crippen LogP contribution in [0.5, 0.6) is 0 Å². The molecule has 0 radical (unpaired) electrons. The quantitative estimate of drug-likeness (QED) is 0.0261. The minimum atomic E-state index is -0.795. The molecule has 0 aromatic carbocycles. The summed E-state index contributed by atoms with van der Waals surface area (Å²) in [5, 5.41) is 0. The first-order chi connectivity index (χ1) is 40.0. The van der Waals surface area contributed by atoms with E-state index in [0.717, 1.165) is 148 Å². The van der Waals surface area contributed by atoms with Crippen molar-refractivity contribution in [1.29, 1.82) is 0 Å². The van der Waals surface area contributed by atoms with Gasteiger partial charge in [0, 0.05) is 19.3 Å². The first-order valence-corrected chi connectivity index (χ1v) is 33.7. The maximum atomic E-state index is 12.9. The molecule has 0 aliphatic rings. The molecule has 0 heterocycles. The van der Waals surface area contributed by atoms with Crippen molar-refractivity contribution >= 4 is 17.9 Å². The molecule has 0 aliphatic heterocycles. The van der Waals surface area contributed by atoms with Gasteiger partial charge in [0.2, 0.25) is 0 Å². The van der Waals surface area contributed by atoms with Crippen LogP contribution < -0.4 is 0 Å². The van der Waals surface area contributed by atoms with Crippen molar-refractivity contribution in [2.45, 2.75) is 309 Å². The van der Waals surface area contributed by atoms with Gasteiger partial charge in [-0.05, 0) is 135 Å². The third-order valence-corrected chi connectivity index (χ3v) is 14.1. The number of allylic oxidation sites excluding steroid dienone is 22. The van der Waals surface area contributed by atoms with Gasteiger partial charge in [-0.1, -0.05) is 283 Å². The zero-order valence-electron chi connectivity index (χ0n) is 52.8. The van der Waals surface area contributed by atoms with Crippen molar-refractivity contribution in [3.05, 3.63) is 134 Å². The zero-order chi connectivity index (χ0) is 58.5. The molecule has 0 rings (SSSR count). The van der Waals surface area contributed by atoms with E-state index in [1.54, 1.807) is 0 Å². The normalized spacial score (nSPS) is 13.0. The van der Waals surface area contributed by atoms with Crippen LogP contribution in [-0.4, -0.2) is 37.2 Å². The highest BCUT2D eigenvalue weighted by Crippen LogP contribution is 2.15. The Hall–Kier alpha value is -4.45. The monoisotopic (exact) mass is 1120 g/mol. The largest absolute Gasteiger partial charge is 0.462 e. The molecule has 0 bridgehead atoms. The van der Waals surface area contributed by atoms with E-state index in [2.05, 4.69) is 154 Å². The molecule has 1 unspecified atom stereocenters. The summed E-state index contributed by atoms with van der Waals surface area (Å²) >= 11 is 0. The van der Waals surface area contributed by atoms with Crippen LogP contribution in [0.3, 0.4) is 0 Å². The highest BCUT2D eigenvalue weighted by atomic mass is 16.6. The molecule has 0 amide bonds. The van der Waals surface area contributed by atoms with Gasteiger partial charge in [0.1, 0.15) is 13.2 Å². The lowest BCUT2D eigenvalue weighted by Crippen LogP contribution is -2.30. The summed E-state index contributed by atoms with van der Waals surface area (Å²) in [7, 11) is 0. The Morgan fingerprint density at radius 1 is 0.259 bits per heavy atom. The Labute approximate surface area is 500 Å². The van der Waals surface area contributed by atoms with Crippen LogP contribution in [0.25, 0.3) is 0 Å². The third kappa shape index (κ3) is 66.2. The van der Waals surface area contributed by atoms with Gasteiger partial charge >= 0.3 is 17.9 Å². The molecule has 0 N–H and O–H groups in total. The van der Waals surface area contributed by atoms with Crippen LogP contribution in [-0.2, 0) is 28.6 Å². The van der Waals surface area contributed by atoms with Crippen molar-refractivity contribution in [3.63, 3.8) is 0 Å². The Morgan fingerprint density at radius 3 is 0.802 bits per heavy atom. The summed E-state index contributed by atoms with van der Waals surface area (Å²) in [6, 6.07) is 0.